The lowest BCUT2D eigenvalue weighted by Gasteiger charge is -2.38. The van der Waals surface area contributed by atoms with Crippen LogP contribution in [-0.4, -0.2) is 67.1 Å². The van der Waals surface area contributed by atoms with E-state index in [1.165, 1.54) is 51.9 Å². The molecular formula is C19H31N3O. The van der Waals surface area contributed by atoms with E-state index in [1.54, 1.807) is 6.26 Å². The van der Waals surface area contributed by atoms with Crippen molar-refractivity contribution in [2.45, 2.75) is 44.3 Å². The van der Waals surface area contributed by atoms with E-state index in [0.29, 0.717) is 0 Å². The van der Waals surface area contributed by atoms with E-state index in [0.717, 1.165) is 36.2 Å². The second kappa shape index (κ2) is 6.58. The first-order valence-corrected chi connectivity index (χ1v) is 9.34. The Morgan fingerprint density at radius 3 is 2.83 bits per heavy atom. The van der Waals surface area contributed by atoms with Gasteiger partial charge in [0.2, 0.25) is 0 Å². The molecule has 3 heterocycles. The molecule has 1 aromatic rings. The molecule has 0 unspecified atom stereocenters. The Balaban J connectivity index is 1.40. The van der Waals surface area contributed by atoms with Crippen LogP contribution in [0.4, 0.5) is 0 Å². The van der Waals surface area contributed by atoms with Gasteiger partial charge in [0.15, 0.2) is 0 Å². The molecule has 0 N–H and O–H groups in total. The predicted molar refractivity (Wildman–Crippen MR) is 92.3 cm³/mol. The molecule has 128 valence electrons. The number of likely N-dealkylation sites (tertiary alicyclic amines) is 2. The van der Waals surface area contributed by atoms with E-state index < -0.39 is 0 Å². The first kappa shape index (κ1) is 15.7. The van der Waals surface area contributed by atoms with Crippen molar-refractivity contribution in [2.75, 3.05) is 40.3 Å². The molecule has 0 radical (unpaired) electrons. The third-order valence-electron chi connectivity index (χ3n) is 5.95. The van der Waals surface area contributed by atoms with E-state index in [1.807, 2.05) is 6.07 Å². The third kappa shape index (κ3) is 3.65. The Hall–Kier alpha value is -0.840. The summed E-state index contributed by atoms with van der Waals surface area (Å²) in [6.45, 7) is 6.03. The van der Waals surface area contributed by atoms with Crippen molar-refractivity contribution in [3.63, 3.8) is 0 Å². The molecule has 0 bridgehead atoms. The molecule has 1 aliphatic carbocycles. The van der Waals surface area contributed by atoms with Crippen LogP contribution in [0.2, 0.25) is 0 Å². The van der Waals surface area contributed by atoms with Crippen LogP contribution in [0.15, 0.2) is 22.8 Å². The Morgan fingerprint density at radius 1 is 1.26 bits per heavy atom. The van der Waals surface area contributed by atoms with Crippen molar-refractivity contribution in [1.29, 1.82) is 0 Å². The first-order chi connectivity index (χ1) is 11.2. The normalized spacial score (nSPS) is 32.6. The minimum absolute atomic E-state index is 0.768. The maximum absolute atomic E-state index is 5.54. The number of piperidine rings is 1. The maximum atomic E-state index is 5.54. The highest BCUT2D eigenvalue weighted by Crippen LogP contribution is 2.40. The summed E-state index contributed by atoms with van der Waals surface area (Å²) >= 11 is 0. The van der Waals surface area contributed by atoms with Gasteiger partial charge in [0, 0.05) is 38.3 Å². The summed E-state index contributed by atoms with van der Waals surface area (Å²) in [4.78, 5) is 7.88. The molecular weight excluding hydrogens is 286 g/mol. The molecule has 0 amide bonds. The van der Waals surface area contributed by atoms with Crippen molar-refractivity contribution < 1.29 is 4.42 Å². The largest absolute Gasteiger partial charge is 0.468 e. The van der Waals surface area contributed by atoms with Crippen molar-refractivity contribution in [1.82, 2.24) is 14.7 Å². The highest BCUT2D eigenvalue weighted by Gasteiger charge is 2.45. The molecule has 2 aliphatic heterocycles. The van der Waals surface area contributed by atoms with Crippen LogP contribution in [0.25, 0.3) is 0 Å². The van der Waals surface area contributed by atoms with Crippen LogP contribution >= 0.6 is 0 Å². The molecule has 3 fully saturated rings. The average Bonchev–Trinajstić information content (AvgIpc) is 3.07. The second-order valence-electron chi connectivity index (χ2n) is 8.22. The molecule has 1 aromatic heterocycles. The minimum atomic E-state index is 0.768. The van der Waals surface area contributed by atoms with Gasteiger partial charge in [0.1, 0.15) is 5.76 Å². The van der Waals surface area contributed by atoms with Gasteiger partial charge in [-0.2, -0.15) is 0 Å². The zero-order chi connectivity index (χ0) is 15.8. The van der Waals surface area contributed by atoms with Crippen molar-refractivity contribution in [2.24, 2.45) is 11.8 Å². The first-order valence-electron chi connectivity index (χ1n) is 9.34. The van der Waals surface area contributed by atoms with Gasteiger partial charge >= 0.3 is 0 Å². The van der Waals surface area contributed by atoms with Crippen LogP contribution in [-0.2, 0) is 6.54 Å². The van der Waals surface area contributed by atoms with E-state index in [4.69, 9.17) is 4.42 Å². The molecule has 4 rings (SSSR count). The number of furan rings is 1. The monoisotopic (exact) mass is 317 g/mol. The molecule has 0 aromatic carbocycles. The van der Waals surface area contributed by atoms with Gasteiger partial charge in [0.25, 0.3) is 0 Å². The lowest BCUT2D eigenvalue weighted by atomic mass is 9.92. The van der Waals surface area contributed by atoms with Crippen LogP contribution in [0, 0.1) is 11.8 Å². The van der Waals surface area contributed by atoms with Crippen LogP contribution in [0.3, 0.4) is 0 Å². The van der Waals surface area contributed by atoms with Crippen molar-refractivity contribution in [3.8, 4) is 0 Å². The Kier molecular flexibility index (Phi) is 4.48. The number of hydrogen-bond donors (Lipinski definition) is 0. The Bertz CT molecular complexity index is 497. The predicted octanol–water partition coefficient (Wildman–Crippen LogP) is 2.52. The van der Waals surface area contributed by atoms with Gasteiger partial charge in [-0.05, 0) is 63.7 Å². The standard InChI is InChI=1S/C19H31N3O/c1-20(2)13-17-10-16-12-21(14-18-4-3-9-23-18)8-7-19(16)22(17)11-15-5-6-15/h3-4,9,15-17,19H,5-8,10-14H2,1-2H3/t16-,17+,19+/m1/s1. The number of hydrogen-bond acceptors (Lipinski definition) is 4. The number of likely N-dealkylation sites (N-methyl/N-ethyl adjacent to an activating group) is 1. The van der Waals surface area contributed by atoms with Gasteiger partial charge < -0.3 is 9.32 Å². The summed E-state index contributed by atoms with van der Waals surface area (Å²) in [7, 11) is 4.45. The molecule has 2 saturated heterocycles. The third-order valence-corrected chi connectivity index (χ3v) is 5.95. The van der Waals surface area contributed by atoms with Crippen LogP contribution in [0.1, 0.15) is 31.4 Å². The average molecular weight is 317 g/mol. The lowest BCUT2D eigenvalue weighted by molar-refractivity contribution is 0.0847. The SMILES string of the molecule is CN(C)C[C@@H]1C[C@@H]2CN(Cc3ccco3)CC[C@@H]2N1CC1CC1. The summed E-state index contributed by atoms with van der Waals surface area (Å²) in [5.74, 6) is 2.96. The van der Waals surface area contributed by atoms with Gasteiger partial charge in [-0.3, -0.25) is 9.80 Å². The topological polar surface area (TPSA) is 22.9 Å². The Labute approximate surface area is 140 Å². The Morgan fingerprint density at radius 2 is 2.13 bits per heavy atom. The lowest BCUT2D eigenvalue weighted by Crippen LogP contribution is -2.48. The molecule has 4 nitrogen and oxygen atoms in total. The maximum Gasteiger partial charge on any atom is 0.117 e. The highest BCUT2D eigenvalue weighted by molar-refractivity contribution is 5.02. The number of nitrogens with zero attached hydrogens (tertiary/aromatic N) is 3. The number of fused-ring (bicyclic) bond motifs is 1. The van der Waals surface area contributed by atoms with E-state index in [2.05, 4.69) is 34.9 Å². The highest BCUT2D eigenvalue weighted by atomic mass is 16.3. The van der Waals surface area contributed by atoms with E-state index in [-0.39, 0.29) is 0 Å². The fourth-order valence-electron chi connectivity index (χ4n) is 4.77. The van der Waals surface area contributed by atoms with Gasteiger partial charge in [-0.25, -0.2) is 0 Å². The molecule has 1 saturated carbocycles. The molecule has 4 heteroatoms. The zero-order valence-electron chi connectivity index (χ0n) is 14.7. The molecule has 23 heavy (non-hydrogen) atoms. The fraction of sp³-hybridized carbons (Fsp3) is 0.789. The minimum Gasteiger partial charge on any atom is -0.468 e. The quantitative estimate of drug-likeness (QED) is 0.804. The van der Waals surface area contributed by atoms with Crippen molar-refractivity contribution >= 4 is 0 Å². The summed E-state index contributed by atoms with van der Waals surface area (Å²) < 4.78 is 5.54. The summed E-state index contributed by atoms with van der Waals surface area (Å²) in [6, 6.07) is 5.70. The van der Waals surface area contributed by atoms with Crippen molar-refractivity contribution in [3.05, 3.63) is 24.2 Å². The smallest absolute Gasteiger partial charge is 0.117 e. The van der Waals surface area contributed by atoms with E-state index >= 15 is 0 Å². The van der Waals surface area contributed by atoms with E-state index in [9.17, 15) is 0 Å². The fourth-order valence-corrected chi connectivity index (χ4v) is 4.77. The second-order valence-corrected chi connectivity index (χ2v) is 8.22. The number of rotatable bonds is 6. The summed E-state index contributed by atoms with van der Waals surface area (Å²) in [5, 5.41) is 0. The van der Waals surface area contributed by atoms with Crippen LogP contribution in [0.5, 0.6) is 0 Å². The molecule has 3 atom stereocenters. The van der Waals surface area contributed by atoms with Crippen LogP contribution < -0.4 is 0 Å². The van der Waals surface area contributed by atoms with Gasteiger partial charge in [-0.15, -0.1) is 0 Å². The summed E-state index contributed by atoms with van der Waals surface area (Å²) in [6.07, 6.45) is 7.44. The molecule has 3 aliphatic rings. The molecule has 0 spiro atoms. The van der Waals surface area contributed by atoms with Gasteiger partial charge in [-0.1, -0.05) is 0 Å². The summed E-state index contributed by atoms with van der Waals surface area (Å²) in [5.41, 5.74) is 0. The zero-order valence-corrected chi connectivity index (χ0v) is 14.7. The van der Waals surface area contributed by atoms with Gasteiger partial charge in [0.05, 0.1) is 12.8 Å².